The molecule has 1 aromatic heterocycles. The van der Waals surface area contributed by atoms with Gasteiger partial charge in [-0.1, -0.05) is 24.3 Å². The van der Waals surface area contributed by atoms with Crippen LogP contribution in [-0.2, 0) is 9.59 Å². The molecule has 146 valence electrons. The second-order valence-corrected chi connectivity index (χ2v) is 7.05. The van der Waals surface area contributed by atoms with Gasteiger partial charge in [0.05, 0.1) is 11.4 Å². The molecule has 0 radical (unpaired) electrons. The first-order chi connectivity index (χ1) is 14.0. The fourth-order valence-corrected chi connectivity index (χ4v) is 3.24. The van der Waals surface area contributed by atoms with Crippen molar-refractivity contribution in [3.63, 3.8) is 0 Å². The lowest BCUT2D eigenvalue weighted by Crippen LogP contribution is -2.36. The third kappa shape index (κ3) is 3.94. The lowest BCUT2D eigenvalue weighted by atomic mass is 10.1. The molecule has 0 atom stereocenters. The number of aryl methyl sites for hydroxylation is 2. The maximum atomic E-state index is 12.8. The van der Waals surface area contributed by atoms with Crippen LogP contribution in [0.2, 0.25) is 0 Å². The number of carbonyl (C=O) groups is 2. The van der Waals surface area contributed by atoms with Crippen molar-refractivity contribution < 1.29 is 9.59 Å². The minimum absolute atomic E-state index is 0.114. The fourth-order valence-electron chi connectivity index (χ4n) is 3.24. The molecule has 7 heteroatoms. The molecule has 0 unspecified atom stereocenters. The van der Waals surface area contributed by atoms with E-state index in [9.17, 15) is 9.59 Å². The third-order valence-corrected chi connectivity index (χ3v) is 4.82. The second-order valence-electron chi connectivity index (χ2n) is 7.05. The molecule has 4 rings (SSSR count). The van der Waals surface area contributed by atoms with Crippen molar-refractivity contribution in [3.05, 3.63) is 65.9 Å². The molecule has 2 N–H and O–H groups in total. The van der Waals surface area contributed by atoms with Crippen LogP contribution in [-0.4, -0.2) is 27.7 Å². The summed E-state index contributed by atoms with van der Waals surface area (Å²) in [6, 6.07) is 15.2. The van der Waals surface area contributed by atoms with Crippen molar-refractivity contribution in [3.8, 4) is 11.3 Å². The maximum absolute atomic E-state index is 12.8. The standard InChI is InChI=1S/C22H21N5O2/c1-14-6-7-15(2)20(12-14)27-21(28)9-8-19(26-27)22(29)24-17-5-3-4-16(13-17)18-10-11-23-25-18/h3-7,10-13H,8-9H2,1-2H3,(H,23,25)(H,24,29). The molecule has 1 aliphatic heterocycles. The van der Waals surface area contributed by atoms with Crippen LogP contribution < -0.4 is 10.3 Å². The normalized spacial score (nSPS) is 13.9. The number of hydrogen-bond acceptors (Lipinski definition) is 4. The number of nitrogens with one attached hydrogen (secondary N) is 2. The lowest BCUT2D eigenvalue weighted by Gasteiger charge is -2.24. The van der Waals surface area contributed by atoms with Crippen molar-refractivity contribution in [2.75, 3.05) is 10.3 Å². The molecule has 1 aliphatic rings. The average molecular weight is 387 g/mol. The molecule has 2 amide bonds. The summed E-state index contributed by atoms with van der Waals surface area (Å²) in [6.45, 7) is 3.88. The van der Waals surface area contributed by atoms with Crippen molar-refractivity contribution >= 4 is 28.9 Å². The number of nitrogens with zero attached hydrogens (tertiary/aromatic N) is 3. The molecule has 0 saturated heterocycles. The molecule has 0 spiro atoms. The van der Waals surface area contributed by atoms with Gasteiger partial charge >= 0.3 is 0 Å². The van der Waals surface area contributed by atoms with E-state index < -0.39 is 0 Å². The quantitative estimate of drug-likeness (QED) is 0.713. The molecular formula is C22H21N5O2. The molecule has 0 aliphatic carbocycles. The predicted molar refractivity (Wildman–Crippen MR) is 113 cm³/mol. The number of anilines is 2. The van der Waals surface area contributed by atoms with Gasteiger partial charge in [0, 0.05) is 30.3 Å². The Balaban J connectivity index is 1.58. The first-order valence-corrected chi connectivity index (χ1v) is 9.40. The van der Waals surface area contributed by atoms with E-state index in [1.54, 1.807) is 6.20 Å². The van der Waals surface area contributed by atoms with Crippen LogP contribution in [0.1, 0.15) is 24.0 Å². The van der Waals surface area contributed by atoms with Gasteiger partial charge in [-0.05, 0) is 49.2 Å². The molecule has 2 aromatic carbocycles. The Morgan fingerprint density at radius 2 is 1.97 bits per heavy atom. The van der Waals surface area contributed by atoms with E-state index in [1.807, 2.05) is 62.4 Å². The van der Waals surface area contributed by atoms with Gasteiger partial charge < -0.3 is 5.32 Å². The van der Waals surface area contributed by atoms with E-state index in [1.165, 1.54) is 5.01 Å². The number of aromatic nitrogens is 2. The second kappa shape index (κ2) is 7.71. The highest BCUT2D eigenvalue weighted by atomic mass is 16.2. The average Bonchev–Trinajstić information content (AvgIpc) is 3.25. The maximum Gasteiger partial charge on any atom is 0.271 e. The predicted octanol–water partition coefficient (Wildman–Crippen LogP) is 3.82. The summed E-state index contributed by atoms with van der Waals surface area (Å²) in [5.41, 5.74) is 5.43. The van der Waals surface area contributed by atoms with Crippen LogP contribution in [0.4, 0.5) is 11.4 Å². The number of carbonyl (C=O) groups excluding carboxylic acids is 2. The van der Waals surface area contributed by atoms with E-state index >= 15 is 0 Å². The van der Waals surface area contributed by atoms with Gasteiger partial charge in [0.15, 0.2) is 0 Å². The van der Waals surface area contributed by atoms with Crippen molar-refractivity contribution in [1.82, 2.24) is 10.2 Å². The zero-order valence-electron chi connectivity index (χ0n) is 16.3. The minimum atomic E-state index is -0.311. The van der Waals surface area contributed by atoms with Gasteiger partial charge in [0.25, 0.3) is 5.91 Å². The summed E-state index contributed by atoms with van der Waals surface area (Å²) >= 11 is 0. The van der Waals surface area contributed by atoms with Crippen LogP contribution in [0.5, 0.6) is 0 Å². The van der Waals surface area contributed by atoms with Crippen LogP contribution in [0.25, 0.3) is 11.3 Å². The van der Waals surface area contributed by atoms with Crippen LogP contribution in [0, 0.1) is 13.8 Å². The van der Waals surface area contributed by atoms with Gasteiger partial charge in [-0.15, -0.1) is 0 Å². The molecule has 0 saturated carbocycles. The van der Waals surface area contributed by atoms with Crippen LogP contribution in [0.15, 0.2) is 59.8 Å². The number of H-pyrrole nitrogens is 1. The number of benzene rings is 2. The number of amides is 2. The highest BCUT2D eigenvalue weighted by Crippen LogP contribution is 2.26. The lowest BCUT2D eigenvalue weighted by molar-refractivity contribution is -0.118. The Morgan fingerprint density at radius 3 is 2.76 bits per heavy atom. The van der Waals surface area contributed by atoms with E-state index in [4.69, 9.17) is 0 Å². The van der Waals surface area contributed by atoms with E-state index in [2.05, 4.69) is 20.6 Å². The molecule has 3 aromatic rings. The summed E-state index contributed by atoms with van der Waals surface area (Å²) in [5, 5.41) is 15.5. The minimum Gasteiger partial charge on any atom is -0.321 e. The highest BCUT2D eigenvalue weighted by molar-refractivity contribution is 6.44. The smallest absolute Gasteiger partial charge is 0.271 e. The van der Waals surface area contributed by atoms with Crippen LogP contribution >= 0.6 is 0 Å². The van der Waals surface area contributed by atoms with Gasteiger partial charge in [0.2, 0.25) is 5.91 Å². The van der Waals surface area contributed by atoms with Crippen molar-refractivity contribution in [1.29, 1.82) is 0 Å². The number of rotatable bonds is 4. The van der Waals surface area contributed by atoms with Crippen LogP contribution in [0.3, 0.4) is 0 Å². The largest absolute Gasteiger partial charge is 0.321 e. The topological polar surface area (TPSA) is 90.4 Å². The molecule has 2 heterocycles. The monoisotopic (exact) mass is 387 g/mol. The Morgan fingerprint density at radius 1 is 1.10 bits per heavy atom. The molecule has 0 fully saturated rings. The summed E-state index contributed by atoms with van der Waals surface area (Å²) in [6.07, 6.45) is 2.23. The Hall–Kier alpha value is -3.74. The van der Waals surface area contributed by atoms with Gasteiger partial charge in [-0.3, -0.25) is 14.7 Å². The third-order valence-electron chi connectivity index (χ3n) is 4.82. The van der Waals surface area contributed by atoms with Crippen molar-refractivity contribution in [2.45, 2.75) is 26.7 Å². The number of hydrogen-bond donors (Lipinski definition) is 2. The van der Waals surface area contributed by atoms with Gasteiger partial charge in [-0.2, -0.15) is 10.2 Å². The SMILES string of the molecule is Cc1ccc(C)c(N2N=C(C(=O)Nc3cccc(-c4ccn[nH]4)c3)CCC2=O)c1. The summed E-state index contributed by atoms with van der Waals surface area (Å²) in [5.74, 6) is -0.425. The van der Waals surface area contributed by atoms with E-state index in [-0.39, 0.29) is 18.2 Å². The van der Waals surface area contributed by atoms with E-state index in [0.29, 0.717) is 23.5 Å². The number of aromatic amines is 1. The molecule has 7 nitrogen and oxygen atoms in total. The molecule has 0 bridgehead atoms. The summed E-state index contributed by atoms with van der Waals surface area (Å²) in [7, 11) is 0. The van der Waals surface area contributed by atoms with E-state index in [0.717, 1.165) is 22.4 Å². The highest BCUT2D eigenvalue weighted by Gasteiger charge is 2.26. The summed E-state index contributed by atoms with van der Waals surface area (Å²) < 4.78 is 0. The van der Waals surface area contributed by atoms with Gasteiger partial charge in [0.1, 0.15) is 5.71 Å². The Kier molecular flexibility index (Phi) is 4.95. The van der Waals surface area contributed by atoms with Gasteiger partial charge in [-0.25, -0.2) is 5.01 Å². The Bertz CT molecular complexity index is 1100. The first kappa shape index (κ1) is 18.6. The zero-order valence-corrected chi connectivity index (χ0v) is 16.3. The summed E-state index contributed by atoms with van der Waals surface area (Å²) in [4.78, 5) is 25.2. The van der Waals surface area contributed by atoms with Crippen molar-refractivity contribution in [2.24, 2.45) is 5.10 Å². The molecule has 29 heavy (non-hydrogen) atoms. The fraction of sp³-hybridized carbons (Fsp3) is 0.182. The zero-order chi connectivity index (χ0) is 20.4. The Labute approximate surface area is 168 Å². The first-order valence-electron chi connectivity index (χ1n) is 9.40. The molecular weight excluding hydrogens is 366 g/mol. The number of hydrazone groups is 1.